The molecular formula is C19H28O2. The highest BCUT2D eigenvalue weighted by Crippen LogP contribution is 2.62. The van der Waals surface area contributed by atoms with Gasteiger partial charge in [-0.3, -0.25) is 4.79 Å². The van der Waals surface area contributed by atoms with Crippen molar-refractivity contribution in [1.29, 1.82) is 0 Å². The van der Waals surface area contributed by atoms with E-state index < -0.39 is 0 Å². The number of hydrogen-bond donors (Lipinski definition) is 1. The molecule has 1 N–H and O–H groups in total. The Hall–Kier alpha value is -0.630. The van der Waals surface area contributed by atoms with Crippen molar-refractivity contribution in [3.8, 4) is 0 Å². The van der Waals surface area contributed by atoms with Crippen LogP contribution in [0, 0.1) is 35.0 Å². The summed E-state index contributed by atoms with van der Waals surface area (Å²) in [5, 5.41) is 10.5. The third kappa shape index (κ3) is 1.91. The zero-order valence-corrected chi connectivity index (χ0v) is 13.3. The molecule has 4 aliphatic carbocycles. The molecule has 0 aromatic carbocycles. The van der Waals surface area contributed by atoms with Gasteiger partial charge in [-0.1, -0.05) is 19.4 Å². The minimum absolute atomic E-state index is 0.0828. The fraction of sp³-hybridized carbons (Fsp3) is 0.842. The molecule has 4 rings (SSSR count). The third-order valence-electron chi connectivity index (χ3n) is 7.59. The Balaban J connectivity index is 1.68. The molecule has 2 heteroatoms. The molecule has 0 saturated heterocycles. The van der Waals surface area contributed by atoms with Gasteiger partial charge >= 0.3 is 0 Å². The largest absolute Gasteiger partial charge is 0.393 e. The van der Waals surface area contributed by atoms with Gasteiger partial charge in [0, 0.05) is 6.42 Å². The molecule has 4 aliphatic rings. The quantitative estimate of drug-likeness (QED) is 0.737. The van der Waals surface area contributed by atoms with Crippen LogP contribution < -0.4 is 0 Å². The van der Waals surface area contributed by atoms with Gasteiger partial charge in [0.15, 0.2) is 5.78 Å². The third-order valence-corrected chi connectivity index (χ3v) is 7.59. The smallest absolute Gasteiger partial charge is 0.155 e. The Morgan fingerprint density at radius 1 is 1.24 bits per heavy atom. The van der Waals surface area contributed by atoms with E-state index in [9.17, 15) is 9.90 Å². The van der Waals surface area contributed by atoms with E-state index in [2.05, 4.69) is 13.8 Å². The summed E-state index contributed by atoms with van der Waals surface area (Å²) in [7, 11) is 0. The van der Waals surface area contributed by atoms with E-state index in [1.54, 1.807) is 0 Å². The van der Waals surface area contributed by atoms with Crippen molar-refractivity contribution < 1.29 is 9.90 Å². The van der Waals surface area contributed by atoms with Crippen LogP contribution in [-0.4, -0.2) is 17.0 Å². The van der Waals surface area contributed by atoms with Crippen LogP contribution in [0.25, 0.3) is 0 Å². The number of rotatable bonds is 0. The molecule has 7 atom stereocenters. The Morgan fingerprint density at radius 2 is 2.05 bits per heavy atom. The van der Waals surface area contributed by atoms with Crippen molar-refractivity contribution in [3.05, 3.63) is 11.6 Å². The minimum atomic E-state index is -0.0828. The Morgan fingerprint density at radius 3 is 2.86 bits per heavy atom. The van der Waals surface area contributed by atoms with Gasteiger partial charge in [0.05, 0.1) is 6.10 Å². The number of aliphatic hydroxyl groups excluding tert-OH is 1. The summed E-state index contributed by atoms with van der Waals surface area (Å²) in [4.78, 5) is 11.8. The average molecular weight is 288 g/mol. The van der Waals surface area contributed by atoms with Gasteiger partial charge in [0.2, 0.25) is 0 Å². The zero-order valence-electron chi connectivity index (χ0n) is 13.3. The predicted octanol–water partition coefficient (Wildman–Crippen LogP) is 3.74. The lowest BCUT2D eigenvalue weighted by Crippen LogP contribution is -2.50. The summed E-state index contributed by atoms with van der Waals surface area (Å²) in [5.74, 6) is 3.96. The highest BCUT2D eigenvalue weighted by molar-refractivity contribution is 5.91. The zero-order chi connectivity index (χ0) is 14.8. The van der Waals surface area contributed by atoms with E-state index in [1.165, 1.54) is 24.8 Å². The Bertz CT molecular complexity index is 494. The molecule has 2 nitrogen and oxygen atoms in total. The van der Waals surface area contributed by atoms with Crippen LogP contribution in [0.1, 0.15) is 58.8 Å². The molecule has 0 amide bonds. The monoisotopic (exact) mass is 288 g/mol. The second kappa shape index (κ2) is 4.68. The maximum atomic E-state index is 11.8. The summed E-state index contributed by atoms with van der Waals surface area (Å²) in [6.45, 7) is 4.73. The van der Waals surface area contributed by atoms with Crippen molar-refractivity contribution >= 4 is 5.78 Å². The van der Waals surface area contributed by atoms with Crippen molar-refractivity contribution in [2.75, 3.05) is 0 Å². The van der Waals surface area contributed by atoms with Crippen LogP contribution in [0.2, 0.25) is 0 Å². The number of allylic oxidation sites excluding steroid dienone is 1. The Labute approximate surface area is 128 Å². The summed E-state index contributed by atoms with van der Waals surface area (Å²) < 4.78 is 0. The van der Waals surface area contributed by atoms with E-state index in [0.717, 1.165) is 37.5 Å². The number of aliphatic hydroxyl groups is 1. The number of carbonyl (C=O) groups excluding carboxylic acids is 1. The van der Waals surface area contributed by atoms with Gasteiger partial charge in [-0.25, -0.2) is 0 Å². The fourth-order valence-electron chi connectivity index (χ4n) is 6.56. The molecular weight excluding hydrogens is 260 g/mol. The number of carbonyl (C=O) groups is 1. The number of ketones is 1. The molecule has 0 aromatic heterocycles. The molecule has 0 aliphatic heterocycles. The van der Waals surface area contributed by atoms with Gasteiger partial charge < -0.3 is 5.11 Å². The van der Waals surface area contributed by atoms with Crippen LogP contribution in [0.3, 0.4) is 0 Å². The van der Waals surface area contributed by atoms with E-state index in [1.807, 2.05) is 6.08 Å². The first-order valence-electron chi connectivity index (χ1n) is 8.92. The molecule has 2 unspecified atom stereocenters. The van der Waals surface area contributed by atoms with Gasteiger partial charge in [0.25, 0.3) is 0 Å². The van der Waals surface area contributed by atoms with Gasteiger partial charge in [-0.15, -0.1) is 0 Å². The van der Waals surface area contributed by atoms with Crippen LogP contribution in [0.15, 0.2) is 11.6 Å². The van der Waals surface area contributed by atoms with Crippen molar-refractivity contribution in [2.24, 2.45) is 35.0 Å². The van der Waals surface area contributed by atoms with E-state index in [-0.39, 0.29) is 11.5 Å². The first-order valence-corrected chi connectivity index (χ1v) is 8.92. The van der Waals surface area contributed by atoms with Crippen molar-refractivity contribution in [2.45, 2.75) is 64.9 Å². The summed E-state index contributed by atoms with van der Waals surface area (Å²) >= 11 is 0. The standard InChI is InChI=1S/C19H28O2/c1-11-9-12-10-13(20)3-4-14(12)15-7-8-19(2)16(18(11)15)5-6-17(19)21/h10-11,14-18,21H,3-9H2,1-2H3/t11?,14-,15+,16-,17?,18+,19-/m0/s1. The second-order valence-corrected chi connectivity index (χ2v) is 8.50. The molecule has 3 saturated carbocycles. The predicted molar refractivity (Wildman–Crippen MR) is 82.6 cm³/mol. The first-order chi connectivity index (χ1) is 10.0. The second-order valence-electron chi connectivity index (χ2n) is 8.50. The molecule has 116 valence electrons. The van der Waals surface area contributed by atoms with E-state index in [4.69, 9.17) is 0 Å². The molecule has 0 bridgehead atoms. The van der Waals surface area contributed by atoms with Crippen LogP contribution in [0.5, 0.6) is 0 Å². The van der Waals surface area contributed by atoms with Crippen molar-refractivity contribution in [3.63, 3.8) is 0 Å². The number of fused-ring (bicyclic) bond motifs is 5. The summed E-state index contributed by atoms with van der Waals surface area (Å²) in [5.41, 5.74) is 1.63. The average Bonchev–Trinajstić information content (AvgIpc) is 2.74. The topological polar surface area (TPSA) is 37.3 Å². The molecule has 0 aromatic rings. The van der Waals surface area contributed by atoms with E-state index in [0.29, 0.717) is 23.5 Å². The van der Waals surface area contributed by atoms with Gasteiger partial charge in [-0.2, -0.15) is 0 Å². The van der Waals surface area contributed by atoms with Gasteiger partial charge in [0.1, 0.15) is 0 Å². The maximum absolute atomic E-state index is 11.8. The lowest BCUT2D eigenvalue weighted by atomic mass is 9.49. The fourth-order valence-corrected chi connectivity index (χ4v) is 6.56. The van der Waals surface area contributed by atoms with Crippen LogP contribution in [0.4, 0.5) is 0 Å². The highest BCUT2D eigenvalue weighted by atomic mass is 16.3. The van der Waals surface area contributed by atoms with Crippen LogP contribution in [-0.2, 0) is 4.79 Å². The molecule has 3 fully saturated rings. The lowest BCUT2D eigenvalue weighted by Gasteiger charge is -2.55. The minimum Gasteiger partial charge on any atom is -0.393 e. The first kappa shape index (κ1) is 14.0. The molecule has 0 spiro atoms. The normalized spacial score (nSPS) is 52.7. The molecule has 0 radical (unpaired) electrons. The SMILES string of the molecule is CC1CC2=CC(=O)CC[C@@H]2[C@H]2CC[C@]3(C)C(O)CC[C@H]3[C@H]12. The lowest BCUT2D eigenvalue weighted by molar-refractivity contribution is -0.116. The van der Waals surface area contributed by atoms with Crippen molar-refractivity contribution in [1.82, 2.24) is 0 Å². The maximum Gasteiger partial charge on any atom is 0.155 e. The summed E-state index contributed by atoms with van der Waals surface area (Å²) in [6.07, 6.45) is 9.54. The van der Waals surface area contributed by atoms with Crippen LogP contribution >= 0.6 is 0 Å². The highest BCUT2D eigenvalue weighted by Gasteiger charge is 2.57. The molecule has 0 heterocycles. The van der Waals surface area contributed by atoms with E-state index >= 15 is 0 Å². The Kier molecular flexibility index (Phi) is 3.12. The number of hydrogen-bond acceptors (Lipinski definition) is 2. The molecule has 21 heavy (non-hydrogen) atoms. The van der Waals surface area contributed by atoms with Gasteiger partial charge in [-0.05, 0) is 79.6 Å². The summed E-state index contributed by atoms with van der Waals surface area (Å²) in [6, 6.07) is 0.